The van der Waals surface area contributed by atoms with Crippen molar-refractivity contribution in [2.45, 2.75) is 38.5 Å². The molecule has 116 valence electrons. The highest BCUT2D eigenvalue weighted by Crippen LogP contribution is 2.38. The minimum atomic E-state index is -0.221. The molecule has 0 aromatic heterocycles. The summed E-state index contributed by atoms with van der Waals surface area (Å²) in [5, 5.41) is 2.55. The fourth-order valence-electron chi connectivity index (χ4n) is 3.16. The molecule has 2 aromatic carbocycles. The van der Waals surface area contributed by atoms with Crippen molar-refractivity contribution < 1.29 is 9.53 Å². The molecule has 0 unspecified atom stereocenters. The Labute approximate surface area is 140 Å². The molecule has 22 heavy (non-hydrogen) atoms. The lowest BCUT2D eigenvalue weighted by atomic mass is 10.0. The van der Waals surface area contributed by atoms with Crippen molar-refractivity contribution in [1.82, 2.24) is 0 Å². The van der Waals surface area contributed by atoms with Crippen molar-refractivity contribution in [1.29, 1.82) is 0 Å². The summed E-state index contributed by atoms with van der Waals surface area (Å²) in [5.74, 6) is 0.865. The third-order valence-electron chi connectivity index (χ3n) is 4.35. The van der Waals surface area contributed by atoms with E-state index in [0.29, 0.717) is 28.1 Å². The van der Waals surface area contributed by atoms with Gasteiger partial charge in [-0.25, -0.2) is 0 Å². The number of esters is 1. The average Bonchev–Trinajstić information content (AvgIpc) is 3.03. The van der Waals surface area contributed by atoms with Gasteiger partial charge in [-0.2, -0.15) is 0 Å². The Hall–Kier alpha value is -1.25. The lowest BCUT2D eigenvalue weighted by Crippen LogP contribution is -2.10. The molecular formula is C18H18Cl2O2. The van der Waals surface area contributed by atoms with Gasteiger partial charge in [0.1, 0.15) is 0 Å². The molecule has 0 spiro atoms. The van der Waals surface area contributed by atoms with Crippen LogP contribution in [0.15, 0.2) is 30.3 Å². The Morgan fingerprint density at radius 3 is 2.50 bits per heavy atom. The van der Waals surface area contributed by atoms with Crippen LogP contribution < -0.4 is 4.74 Å². The van der Waals surface area contributed by atoms with Crippen LogP contribution in [0.1, 0.15) is 38.5 Å². The van der Waals surface area contributed by atoms with Crippen LogP contribution in [0.5, 0.6) is 5.75 Å². The van der Waals surface area contributed by atoms with E-state index in [-0.39, 0.29) is 5.97 Å². The van der Waals surface area contributed by atoms with Crippen molar-refractivity contribution in [3.63, 3.8) is 0 Å². The smallest absolute Gasteiger partial charge is 0.311 e. The Kier molecular flexibility index (Phi) is 4.90. The maximum atomic E-state index is 12.1. The Balaban J connectivity index is 1.76. The Bertz CT molecular complexity index is 691. The van der Waals surface area contributed by atoms with Gasteiger partial charge in [-0.15, -0.1) is 0 Å². The van der Waals surface area contributed by atoms with E-state index in [2.05, 4.69) is 0 Å². The van der Waals surface area contributed by atoms with Gasteiger partial charge in [0.2, 0.25) is 0 Å². The average molecular weight is 337 g/mol. The molecule has 0 amide bonds. The Morgan fingerprint density at radius 1 is 1.09 bits per heavy atom. The Morgan fingerprint density at radius 2 is 1.77 bits per heavy atom. The monoisotopic (exact) mass is 336 g/mol. The SMILES string of the molecule is O=C(CCC1CCCC1)Oc1c(Cl)cc(Cl)c2ccccc12. The van der Waals surface area contributed by atoms with Crippen LogP contribution in [0.4, 0.5) is 0 Å². The molecule has 4 heteroatoms. The van der Waals surface area contributed by atoms with E-state index in [0.717, 1.165) is 17.2 Å². The second-order valence-electron chi connectivity index (χ2n) is 5.88. The molecule has 1 aliphatic carbocycles. The molecule has 1 saturated carbocycles. The van der Waals surface area contributed by atoms with Crippen molar-refractivity contribution in [3.8, 4) is 5.75 Å². The first-order chi connectivity index (χ1) is 10.6. The zero-order valence-corrected chi connectivity index (χ0v) is 13.8. The fourth-order valence-corrected chi connectivity index (χ4v) is 3.74. The summed E-state index contributed by atoms with van der Waals surface area (Å²) >= 11 is 12.4. The number of carbonyl (C=O) groups excluding carboxylic acids is 1. The summed E-state index contributed by atoms with van der Waals surface area (Å²) in [6.45, 7) is 0. The lowest BCUT2D eigenvalue weighted by Gasteiger charge is -2.12. The first kappa shape index (κ1) is 15.6. The van der Waals surface area contributed by atoms with E-state index in [1.807, 2.05) is 24.3 Å². The molecule has 1 fully saturated rings. The zero-order valence-electron chi connectivity index (χ0n) is 12.3. The number of rotatable bonds is 4. The van der Waals surface area contributed by atoms with Crippen LogP contribution in [0.2, 0.25) is 10.0 Å². The lowest BCUT2D eigenvalue weighted by molar-refractivity contribution is -0.134. The predicted octanol–water partition coefficient (Wildman–Crippen LogP) is 6.02. The zero-order chi connectivity index (χ0) is 15.5. The summed E-state index contributed by atoms with van der Waals surface area (Å²) < 4.78 is 5.54. The highest BCUT2D eigenvalue weighted by atomic mass is 35.5. The molecule has 2 aromatic rings. The quantitative estimate of drug-likeness (QED) is 0.503. The molecule has 2 nitrogen and oxygen atoms in total. The summed E-state index contributed by atoms with van der Waals surface area (Å²) in [5.41, 5.74) is 0. The normalized spacial score (nSPS) is 15.4. The molecule has 0 radical (unpaired) electrons. The standard InChI is InChI=1S/C18H18Cl2O2/c19-15-11-16(20)18(14-8-4-3-7-13(14)15)22-17(21)10-9-12-5-1-2-6-12/h3-4,7-8,11-12H,1-2,5-6,9-10H2. The summed E-state index contributed by atoms with van der Waals surface area (Å²) in [7, 11) is 0. The summed E-state index contributed by atoms with van der Waals surface area (Å²) in [4.78, 5) is 12.1. The van der Waals surface area contributed by atoms with E-state index < -0.39 is 0 Å². The molecule has 0 bridgehead atoms. The van der Waals surface area contributed by atoms with Crippen molar-refractivity contribution in [2.75, 3.05) is 0 Å². The molecule has 0 heterocycles. The van der Waals surface area contributed by atoms with Gasteiger partial charge in [0, 0.05) is 17.2 Å². The molecular weight excluding hydrogens is 319 g/mol. The highest BCUT2D eigenvalue weighted by molar-refractivity contribution is 6.40. The van der Waals surface area contributed by atoms with Crippen LogP contribution in [-0.2, 0) is 4.79 Å². The van der Waals surface area contributed by atoms with Crippen LogP contribution in [-0.4, -0.2) is 5.97 Å². The maximum absolute atomic E-state index is 12.1. The number of ether oxygens (including phenoxy) is 1. The third-order valence-corrected chi connectivity index (χ3v) is 4.94. The number of carbonyl (C=O) groups is 1. The van der Waals surface area contributed by atoms with Gasteiger partial charge in [0.25, 0.3) is 0 Å². The van der Waals surface area contributed by atoms with E-state index in [4.69, 9.17) is 27.9 Å². The van der Waals surface area contributed by atoms with E-state index >= 15 is 0 Å². The minimum absolute atomic E-state index is 0.221. The number of halogens is 2. The van der Waals surface area contributed by atoms with Gasteiger partial charge in [0.05, 0.1) is 10.0 Å². The molecule has 0 atom stereocenters. The molecule has 0 aliphatic heterocycles. The van der Waals surface area contributed by atoms with Crippen molar-refractivity contribution >= 4 is 39.9 Å². The van der Waals surface area contributed by atoms with Crippen molar-refractivity contribution in [3.05, 3.63) is 40.4 Å². The molecule has 1 aliphatic rings. The van der Waals surface area contributed by atoms with Crippen LogP contribution in [0.25, 0.3) is 10.8 Å². The third kappa shape index (κ3) is 3.39. The van der Waals surface area contributed by atoms with Gasteiger partial charge in [-0.1, -0.05) is 73.2 Å². The van der Waals surface area contributed by atoms with Crippen LogP contribution in [0.3, 0.4) is 0 Å². The van der Waals surface area contributed by atoms with Gasteiger partial charge >= 0.3 is 5.97 Å². The minimum Gasteiger partial charge on any atom is -0.424 e. The van der Waals surface area contributed by atoms with E-state index in [1.165, 1.54) is 25.7 Å². The number of hydrogen-bond donors (Lipinski definition) is 0. The summed E-state index contributed by atoms with van der Waals surface area (Å²) in [6, 6.07) is 9.17. The topological polar surface area (TPSA) is 26.3 Å². The fraction of sp³-hybridized carbons (Fsp3) is 0.389. The van der Waals surface area contributed by atoms with Crippen LogP contribution >= 0.6 is 23.2 Å². The van der Waals surface area contributed by atoms with Gasteiger partial charge in [-0.05, 0) is 18.4 Å². The highest BCUT2D eigenvalue weighted by Gasteiger charge is 2.19. The second-order valence-corrected chi connectivity index (χ2v) is 6.69. The number of fused-ring (bicyclic) bond motifs is 1. The van der Waals surface area contributed by atoms with Gasteiger partial charge in [-0.3, -0.25) is 4.79 Å². The van der Waals surface area contributed by atoms with E-state index in [1.54, 1.807) is 6.07 Å². The maximum Gasteiger partial charge on any atom is 0.311 e. The van der Waals surface area contributed by atoms with E-state index in [9.17, 15) is 4.79 Å². The molecule has 0 N–H and O–H groups in total. The van der Waals surface area contributed by atoms with Crippen LogP contribution in [0, 0.1) is 5.92 Å². The predicted molar refractivity (Wildman–Crippen MR) is 90.8 cm³/mol. The van der Waals surface area contributed by atoms with Gasteiger partial charge < -0.3 is 4.74 Å². The number of benzene rings is 2. The molecule has 3 rings (SSSR count). The van der Waals surface area contributed by atoms with Gasteiger partial charge in [0.15, 0.2) is 5.75 Å². The summed E-state index contributed by atoms with van der Waals surface area (Å²) in [6.07, 6.45) is 6.39. The van der Waals surface area contributed by atoms with Crippen molar-refractivity contribution in [2.24, 2.45) is 5.92 Å². The largest absolute Gasteiger partial charge is 0.424 e. The number of hydrogen-bond acceptors (Lipinski definition) is 2. The molecule has 0 saturated heterocycles. The first-order valence-electron chi connectivity index (χ1n) is 7.72. The second kappa shape index (κ2) is 6.89. The first-order valence-corrected chi connectivity index (χ1v) is 8.48.